The van der Waals surface area contributed by atoms with Crippen molar-refractivity contribution in [3.63, 3.8) is 0 Å². The first kappa shape index (κ1) is 15.1. The van der Waals surface area contributed by atoms with Crippen molar-refractivity contribution in [3.8, 4) is 0 Å². The maximum atomic E-state index is 14.0. The van der Waals surface area contributed by atoms with E-state index in [-0.39, 0.29) is 10.9 Å². The molecule has 2 heterocycles. The molecule has 4 nitrogen and oxygen atoms in total. The molecule has 0 spiro atoms. The summed E-state index contributed by atoms with van der Waals surface area (Å²) in [6.45, 7) is 2.16. The fourth-order valence-electron chi connectivity index (χ4n) is 2.88. The lowest BCUT2D eigenvalue weighted by Gasteiger charge is -2.24. The Morgan fingerprint density at radius 1 is 1.23 bits per heavy atom. The van der Waals surface area contributed by atoms with Crippen molar-refractivity contribution in [2.24, 2.45) is 0 Å². The molecule has 1 aliphatic rings. The van der Waals surface area contributed by atoms with E-state index in [0.717, 1.165) is 24.0 Å². The number of aryl methyl sites for hydroxylation is 1. The van der Waals surface area contributed by atoms with Gasteiger partial charge in [0.2, 0.25) is 10.0 Å². The molecule has 0 N–H and O–H groups in total. The molecule has 0 amide bonds. The standard InChI is InChI=1S/C16H17FN2O2S/c1-12-4-5-14(17)16(11-12)22(20,21)19-10-2-3-15(19)13-6-8-18-9-7-13/h4-9,11,15H,2-3,10H2,1H3/t15-/m0/s1. The summed E-state index contributed by atoms with van der Waals surface area (Å²) >= 11 is 0. The van der Waals surface area contributed by atoms with Crippen molar-refractivity contribution < 1.29 is 12.8 Å². The Kier molecular flexibility index (Phi) is 3.97. The van der Waals surface area contributed by atoms with E-state index in [2.05, 4.69) is 4.98 Å². The van der Waals surface area contributed by atoms with Gasteiger partial charge in [-0.05, 0) is 55.2 Å². The molecule has 1 saturated heterocycles. The summed E-state index contributed by atoms with van der Waals surface area (Å²) in [5, 5.41) is 0. The smallest absolute Gasteiger partial charge is 0.246 e. The van der Waals surface area contributed by atoms with E-state index in [1.54, 1.807) is 25.4 Å². The Balaban J connectivity index is 2.03. The lowest BCUT2D eigenvalue weighted by atomic mass is 10.1. The number of halogens is 1. The third-order valence-corrected chi connectivity index (χ3v) is 5.89. The van der Waals surface area contributed by atoms with Crippen molar-refractivity contribution in [2.75, 3.05) is 6.54 Å². The van der Waals surface area contributed by atoms with Crippen LogP contribution in [0.25, 0.3) is 0 Å². The van der Waals surface area contributed by atoms with Gasteiger partial charge < -0.3 is 0 Å². The number of sulfonamides is 1. The second-order valence-corrected chi connectivity index (χ2v) is 7.35. The van der Waals surface area contributed by atoms with Crippen LogP contribution in [0.15, 0.2) is 47.6 Å². The zero-order valence-corrected chi connectivity index (χ0v) is 13.1. The molecule has 1 fully saturated rings. The van der Waals surface area contributed by atoms with Gasteiger partial charge in [0, 0.05) is 18.9 Å². The monoisotopic (exact) mass is 320 g/mol. The summed E-state index contributed by atoms with van der Waals surface area (Å²) in [7, 11) is -3.85. The van der Waals surface area contributed by atoms with Gasteiger partial charge >= 0.3 is 0 Å². The van der Waals surface area contributed by atoms with Gasteiger partial charge in [-0.3, -0.25) is 4.98 Å². The predicted octanol–water partition coefficient (Wildman–Crippen LogP) is 3.05. The minimum atomic E-state index is -3.85. The second kappa shape index (κ2) is 5.78. The van der Waals surface area contributed by atoms with E-state index in [1.165, 1.54) is 16.4 Å². The zero-order chi connectivity index (χ0) is 15.7. The molecule has 3 rings (SSSR count). The predicted molar refractivity (Wildman–Crippen MR) is 81.2 cm³/mol. The van der Waals surface area contributed by atoms with Crippen LogP contribution in [0.1, 0.15) is 30.0 Å². The highest BCUT2D eigenvalue weighted by Gasteiger charge is 2.37. The van der Waals surface area contributed by atoms with E-state index >= 15 is 0 Å². The zero-order valence-electron chi connectivity index (χ0n) is 12.2. The van der Waals surface area contributed by atoms with Gasteiger partial charge in [-0.1, -0.05) is 6.07 Å². The molecule has 22 heavy (non-hydrogen) atoms. The molecule has 1 aromatic heterocycles. The molecule has 1 aromatic carbocycles. The first-order chi connectivity index (χ1) is 10.5. The average molecular weight is 320 g/mol. The fourth-order valence-corrected chi connectivity index (χ4v) is 4.71. The number of rotatable bonds is 3. The highest BCUT2D eigenvalue weighted by Crippen LogP contribution is 2.36. The fraction of sp³-hybridized carbons (Fsp3) is 0.312. The normalized spacial score (nSPS) is 19.5. The summed E-state index contributed by atoms with van der Waals surface area (Å²) < 4.78 is 41.2. The number of hydrogen-bond donors (Lipinski definition) is 0. The van der Waals surface area contributed by atoms with E-state index in [0.29, 0.717) is 6.54 Å². The Hall–Kier alpha value is -1.79. The van der Waals surface area contributed by atoms with Crippen LogP contribution in [0.5, 0.6) is 0 Å². The molecule has 1 atom stereocenters. The summed E-state index contributed by atoms with van der Waals surface area (Å²) in [5.41, 5.74) is 1.61. The van der Waals surface area contributed by atoms with Crippen molar-refractivity contribution in [1.29, 1.82) is 0 Å². The molecule has 0 radical (unpaired) electrons. The average Bonchev–Trinajstić information content (AvgIpc) is 3.01. The van der Waals surface area contributed by atoms with Crippen molar-refractivity contribution >= 4 is 10.0 Å². The quantitative estimate of drug-likeness (QED) is 0.873. The number of benzene rings is 1. The summed E-state index contributed by atoms with van der Waals surface area (Å²) in [5.74, 6) is -0.703. The van der Waals surface area contributed by atoms with Crippen LogP contribution in [0.4, 0.5) is 4.39 Å². The van der Waals surface area contributed by atoms with Crippen LogP contribution in [-0.2, 0) is 10.0 Å². The maximum absolute atomic E-state index is 14.0. The van der Waals surface area contributed by atoms with Gasteiger partial charge in [0.15, 0.2) is 0 Å². The van der Waals surface area contributed by atoms with Gasteiger partial charge in [-0.15, -0.1) is 0 Å². The van der Waals surface area contributed by atoms with Gasteiger partial charge in [-0.25, -0.2) is 12.8 Å². The maximum Gasteiger partial charge on any atom is 0.246 e. The molecule has 2 aromatic rings. The number of nitrogens with zero attached hydrogens (tertiary/aromatic N) is 2. The third-order valence-electron chi connectivity index (χ3n) is 3.97. The summed E-state index contributed by atoms with van der Waals surface area (Å²) in [4.78, 5) is 3.72. The van der Waals surface area contributed by atoms with E-state index in [9.17, 15) is 12.8 Å². The number of aromatic nitrogens is 1. The van der Waals surface area contributed by atoms with Gasteiger partial charge in [-0.2, -0.15) is 4.31 Å². The lowest BCUT2D eigenvalue weighted by Crippen LogP contribution is -2.31. The van der Waals surface area contributed by atoms with Crippen LogP contribution >= 0.6 is 0 Å². The highest BCUT2D eigenvalue weighted by molar-refractivity contribution is 7.89. The van der Waals surface area contributed by atoms with Crippen molar-refractivity contribution in [3.05, 3.63) is 59.7 Å². The molecule has 0 aliphatic carbocycles. The van der Waals surface area contributed by atoms with Crippen LogP contribution in [0, 0.1) is 12.7 Å². The molecule has 116 valence electrons. The molecule has 6 heteroatoms. The topological polar surface area (TPSA) is 50.3 Å². The van der Waals surface area contributed by atoms with Crippen LogP contribution < -0.4 is 0 Å². The third kappa shape index (κ3) is 2.64. The Morgan fingerprint density at radius 2 is 1.95 bits per heavy atom. The SMILES string of the molecule is Cc1ccc(F)c(S(=O)(=O)N2CCC[C@H]2c2ccncc2)c1. The van der Waals surface area contributed by atoms with Crippen molar-refractivity contribution in [2.45, 2.75) is 30.7 Å². The molecular weight excluding hydrogens is 303 g/mol. The summed E-state index contributed by atoms with van der Waals surface area (Å²) in [6, 6.07) is 7.54. The van der Waals surface area contributed by atoms with Gasteiger partial charge in [0.05, 0.1) is 6.04 Å². The Bertz CT molecular complexity index is 778. The van der Waals surface area contributed by atoms with Crippen molar-refractivity contribution in [1.82, 2.24) is 9.29 Å². The minimum Gasteiger partial charge on any atom is -0.265 e. The second-order valence-electron chi connectivity index (χ2n) is 5.49. The van der Waals surface area contributed by atoms with Crippen LogP contribution in [0.2, 0.25) is 0 Å². The molecule has 0 unspecified atom stereocenters. The van der Waals surface area contributed by atoms with E-state index < -0.39 is 15.8 Å². The highest BCUT2D eigenvalue weighted by atomic mass is 32.2. The Labute approximate surface area is 129 Å². The molecule has 0 saturated carbocycles. The van der Waals surface area contributed by atoms with E-state index in [4.69, 9.17) is 0 Å². The first-order valence-electron chi connectivity index (χ1n) is 7.18. The lowest BCUT2D eigenvalue weighted by molar-refractivity contribution is 0.393. The molecule has 0 bridgehead atoms. The van der Waals surface area contributed by atoms with Gasteiger partial charge in [0.25, 0.3) is 0 Å². The van der Waals surface area contributed by atoms with Crippen LogP contribution in [0.3, 0.4) is 0 Å². The molecule has 1 aliphatic heterocycles. The first-order valence-corrected chi connectivity index (χ1v) is 8.62. The number of hydrogen-bond acceptors (Lipinski definition) is 3. The van der Waals surface area contributed by atoms with Gasteiger partial charge in [0.1, 0.15) is 10.7 Å². The summed E-state index contributed by atoms with van der Waals surface area (Å²) in [6.07, 6.45) is 4.79. The number of pyridine rings is 1. The molecular formula is C16H17FN2O2S. The van der Waals surface area contributed by atoms with Crippen LogP contribution in [-0.4, -0.2) is 24.3 Å². The van der Waals surface area contributed by atoms with E-state index in [1.807, 2.05) is 12.1 Å². The minimum absolute atomic E-state index is 0.242. The largest absolute Gasteiger partial charge is 0.265 e. The Morgan fingerprint density at radius 3 is 2.68 bits per heavy atom.